The Kier molecular flexibility index (Phi) is 3.51. The van der Waals surface area contributed by atoms with Gasteiger partial charge in [-0.2, -0.15) is 0 Å². The zero-order chi connectivity index (χ0) is 15.5. The summed E-state index contributed by atoms with van der Waals surface area (Å²) in [5.74, 6) is 2.34. The second-order valence-electron chi connectivity index (χ2n) is 8.85. The zero-order valence-electron chi connectivity index (χ0n) is 14.2. The molecule has 3 fully saturated rings. The van der Waals surface area contributed by atoms with Crippen molar-refractivity contribution in [3.05, 3.63) is 11.6 Å². The van der Waals surface area contributed by atoms with Gasteiger partial charge in [-0.05, 0) is 86.4 Å². The Labute approximate surface area is 135 Å². The fraction of sp³-hybridized carbons (Fsp3) is 0.900. The maximum Gasteiger partial charge on any atom is 0.0724 e. The highest BCUT2D eigenvalue weighted by Gasteiger charge is 2.59. The highest BCUT2D eigenvalue weighted by molar-refractivity contribution is 5.25. The summed E-state index contributed by atoms with van der Waals surface area (Å²) in [5.41, 5.74) is 2.11. The predicted octanol–water partition coefficient (Wildman–Crippen LogP) is 4.06. The van der Waals surface area contributed by atoms with E-state index in [2.05, 4.69) is 19.9 Å². The second kappa shape index (κ2) is 5.08. The molecule has 3 saturated carbocycles. The molecule has 0 amide bonds. The molecule has 124 valence electrons. The first-order valence-electron chi connectivity index (χ1n) is 9.58. The van der Waals surface area contributed by atoms with Crippen molar-refractivity contribution >= 4 is 0 Å². The summed E-state index contributed by atoms with van der Waals surface area (Å²) in [6.07, 6.45) is 12.4. The van der Waals surface area contributed by atoms with Crippen LogP contribution < -0.4 is 0 Å². The van der Waals surface area contributed by atoms with E-state index >= 15 is 0 Å². The number of allylic oxidation sites excluding steroid dienone is 1. The summed E-state index contributed by atoms with van der Waals surface area (Å²) < 4.78 is 0. The highest BCUT2D eigenvalue weighted by Crippen LogP contribution is 2.66. The molecule has 0 saturated heterocycles. The fourth-order valence-corrected chi connectivity index (χ4v) is 7.17. The molecule has 0 heterocycles. The molecule has 4 rings (SSSR count). The average molecular weight is 304 g/mol. The highest BCUT2D eigenvalue weighted by atomic mass is 16.3. The standard InChI is InChI=1S/C20H32O2/c1-3-20-11-9-16-15(17(20)6-7-18(20)22)5-4-13-12-14(21)8-10-19(13,16)2/h12,14-18,21-22H,3-11H2,1-2H3/t14-,15+,16-,17-,18-,19-,20-/m0/s1. The molecule has 2 heteroatoms. The minimum Gasteiger partial charge on any atom is -0.393 e. The van der Waals surface area contributed by atoms with E-state index in [1.165, 1.54) is 32.1 Å². The number of aliphatic hydroxyl groups excluding tert-OH is 2. The Balaban J connectivity index is 1.68. The molecule has 0 aromatic heterocycles. The van der Waals surface area contributed by atoms with Crippen molar-refractivity contribution in [1.29, 1.82) is 0 Å². The van der Waals surface area contributed by atoms with E-state index in [9.17, 15) is 10.2 Å². The van der Waals surface area contributed by atoms with E-state index in [0.717, 1.165) is 43.4 Å². The number of hydrogen-bond acceptors (Lipinski definition) is 2. The molecule has 0 aliphatic heterocycles. The molecule has 22 heavy (non-hydrogen) atoms. The smallest absolute Gasteiger partial charge is 0.0724 e. The monoisotopic (exact) mass is 304 g/mol. The van der Waals surface area contributed by atoms with Gasteiger partial charge in [-0.25, -0.2) is 0 Å². The van der Waals surface area contributed by atoms with Crippen molar-refractivity contribution in [3.8, 4) is 0 Å². The van der Waals surface area contributed by atoms with Gasteiger partial charge in [-0.3, -0.25) is 0 Å². The van der Waals surface area contributed by atoms with Gasteiger partial charge >= 0.3 is 0 Å². The summed E-state index contributed by atoms with van der Waals surface area (Å²) >= 11 is 0. The average Bonchev–Trinajstić information content (AvgIpc) is 2.86. The third-order valence-electron chi connectivity index (χ3n) is 8.42. The summed E-state index contributed by atoms with van der Waals surface area (Å²) in [7, 11) is 0. The van der Waals surface area contributed by atoms with Crippen LogP contribution in [0, 0.1) is 28.6 Å². The lowest BCUT2D eigenvalue weighted by Crippen LogP contribution is -2.52. The number of rotatable bonds is 1. The largest absolute Gasteiger partial charge is 0.393 e. The lowest BCUT2D eigenvalue weighted by Gasteiger charge is -2.58. The van der Waals surface area contributed by atoms with Crippen LogP contribution in [0.15, 0.2) is 11.6 Å². The van der Waals surface area contributed by atoms with Gasteiger partial charge in [-0.1, -0.05) is 25.5 Å². The molecular weight excluding hydrogens is 272 g/mol. The second-order valence-corrected chi connectivity index (χ2v) is 8.85. The molecule has 0 unspecified atom stereocenters. The van der Waals surface area contributed by atoms with E-state index in [1.807, 2.05) is 0 Å². The fourth-order valence-electron chi connectivity index (χ4n) is 7.17. The van der Waals surface area contributed by atoms with Crippen LogP contribution >= 0.6 is 0 Å². The molecule has 2 N–H and O–H groups in total. The van der Waals surface area contributed by atoms with Crippen molar-refractivity contribution in [2.75, 3.05) is 0 Å². The Morgan fingerprint density at radius 3 is 2.64 bits per heavy atom. The molecule has 4 aliphatic carbocycles. The van der Waals surface area contributed by atoms with Gasteiger partial charge in [0.25, 0.3) is 0 Å². The van der Waals surface area contributed by atoms with E-state index in [0.29, 0.717) is 5.41 Å². The summed E-state index contributed by atoms with van der Waals surface area (Å²) in [6.45, 7) is 4.78. The normalized spacial score (nSPS) is 54.2. The van der Waals surface area contributed by atoms with Gasteiger partial charge in [0.1, 0.15) is 0 Å². The van der Waals surface area contributed by atoms with Gasteiger partial charge < -0.3 is 10.2 Å². The van der Waals surface area contributed by atoms with E-state index < -0.39 is 0 Å². The van der Waals surface area contributed by atoms with Crippen LogP contribution in [-0.4, -0.2) is 22.4 Å². The first-order chi connectivity index (χ1) is 10.5. The third kappa shape index (κ3) is 1.86. The Morgan fingerprint density at radius 1 is 1.05 bits per heavy atom. The quantitative estimate of drug-likeness (QED) is 0.717. The van der Waals surface area contributed by atoms with Gasteiger partial charge in [0.2, 0.25) is 0 Å². The summed E-state index contributed by atoms with van der Waals surface area (Å²) in [6, 6.07) is 0. The first-order valence-corrected chi connectivity index (χ1v) is 9.58. The van der Waals surface area contributed by atoms with Crippen LogP contribution in [0.4, 0.5) is 0 Å². The zero-order valence-corrected chi connectivity index (χ0v) is 14.2. The molecule has 0 aromatic carbocycles. The Bertz CT molecular complexity index is 484. The van der Waals surface area contributed by atoms with Gasteiger partial charge in [0.15, 0.2) is 0 Å². The van der Waals surface area contributed by atoms with E-state index in [4.69, 9.17) is 0 Å². The first kappa shape index (κ1) is 15.2. The lowest BCUT2D eigenvalue weighted by molar-refractivity contribution is -0.0875. The molecule has 2 nitrogen and oxygen atoms in total. The van der Waals surface area contributed by atoms with Crippen LogP contribution in [0.25, 0.3) is 0 Å². The molecule has 0 aromatic rings. The van der Waals surface area contributed by atoms with Crippen molar-refractivity contribution in [3.63, 3.8) is 0 Å². The SMILES string of the molecule is CC[C@]12CC[C@H]3[C@@H](CCC4=C[C@@H](O)CC[C@@]43C)[C@@H]1CC[C@@H]2O. The van der Waals surface area contributed by atoms with Crippen molar-refractivity contribution < 1.29 is 10.2 Å². The van der Waals surface area contributed by atoms with Crippen molar-refractivity contribution in [2.45, 2.75) is 83.8 Å². The van der Waals surface area contributed by atoms with Crippen LogP contribution in [-0.2, 0) is 0 Å². The number of aliphatic hydroxyl groups is 2. The molecule has 7 atom stereocenters. The van der Waals surface area contributed by atoms with Gasteiger partial charge in [0.05, 0.1) is 12.2 Å². The number of hydrogen-bond donors (Lipinski definition) is 2. The Morgan fingerprint density at radius 2 is 1.86 bits per heavy atom. The lowest BCUT2D eigenvalue weighted by atomic mass is 9.46. The van der Waals surface area contributed by atoms with Crippen LogP contribution in [0.2, 0.25) is 0 Å². The third-order valence-corrected chi connectivity index (χ3v) is 8.42. The maximum absolute atomic E-state index is 10.7. The topological polar surface area (TPSA) is 40.5 Å². The van der Waals surface area contributed by atoms with Crippen LogP contribution in [0.3, 0.4) is 0 Å². The van der Waals surface area contributed by atoms with E-state index in [-0.39, 0.29) is 17.6 Å². The van der Waals surface area contributed by atoms with Crippen LogP contribution in [0.1, 0.15) is 71.6 Å². The predicted molar refractivity (Wildman–Crippen MR) is 88.3 cm³/mol. The molecule has 0 bridgehead atoms. The van der Waals surface area contributed by atoms with Gasteiger partial charge in [-0.15, -0.1) is 0 Å². The van der Waals surface area contributed by atoms with Crippen molar-refractivity contribution in [1.82, 2.24) is 0 Å². The summed E-state index contributed by atoms with van der Waals surface area (Å²) in [5, 5.41) is 20.7. The molecule has 0 spiro atoms. The minimum absolute atomic E-state index is 0.0543. The summed E-state index contributed by atoms with van der Waals surface area (Å²) in [4.78, 5) is 0. The maximum atomic E-state index is 10.7. The van der Waals surface area contributed by atoms with Crippen LogP contribution in [0.5, 0.6) is 0 Å². The molecule has 0 radical (unpaired) electrons. The minimum atomic E-state index is -0.203. The molecule has 4 aliphatic rings. The van der Waals surface area contributed by atoms with Crippen molar-refractivity contribution in [2.24, 2.45) is 28.6 Å². The molecular formula is C20H32O2. The Hall–Kier alpha value is -0.340. The van der Waals surface area contributed by atoms with Gasteiger partial charge in [0, 0.05) is 0 Å². The number of fused-ring (bicyclic) bond motifs is 5. The van der Waals surface area contributed by atoms with E-state index in [1.54, 1.807) is 5.57 Å².